The van der Waals surface area contributed by atoms with Gasteiger partial charge in [0.05, 0.1) is 6.61 Å². The number of ether oxygens (including phenoxy) is 1. The zero-order valence-corrected chi connectivity index (χ0v) is 14.2. The first-order valence-electron chi connectivity index (χ1n) is 8.63. The first-order valence-corrected chi connectivity index (χ1v) is 8.63. The monoisotopic (exact) mass is 349 g/mol. The third kappa shape index (κ3) is 3.50. The van der Waals surface area contributed by atoms with E-state index in [-0.39, 0.29) is 11.6 Å². The van der Waals surface area contributed by atoms with E-state index in [4.69, 9.17) is 9.26 Å². The van der Waals surface area contributed by atoms with E-state index in [9.17, 15) is 4.79 Å². The van der Waals surface area contributed by atoms with Crippen LogP contribution in [0.4, 0.5) is 5.69 Å². The number of benzene rings is 1. The second-order valence-corrected chi connectivity index (χ2v) is 6.30. The second-order valence-electron chi connectivity index (χ2n) is 6.30. The molecule has 0 spiro atoms. The van der Waals surface area contributed by atoms with Crippen LogP contribution in [0.25, 0.3) is 11.3 Å². The maximum Gasteiger partial charge on any atom is 0.280 e. The van der Waals surface area contributed by atoms with Crippen molar-refractivity contribution in [3.8, 4) is 11.3 Å². The summed E-state index contributed by atoms with van der Waals surface area (Å²) in [6, 6.07) is 15.0. The number of aromatic nitrogens is 2. The van der Waals surface area contributed by atoms with E-state index >= 15 is 0 Å². The van der Waals surface area contributed by atoms with Crippen LogP contribution < -0.4 is 4.90 Å². The fraction of sp³-hybridized carbons (Fsp3) is 0.250. The summed E-state index contributed by atoms with van der Waals surface area (Å²) in [6.07, 6.45) is 4.32. The molecular formula is C20H19N3O3. The van der Waals surface area contributed by atoms with Gasteiger partial charge in [0.15, 0.2) is 11.5 Å². The number of anilines is 1. The van der Waals surface area contributed by atoms with Crippen molar-refractivity contribution in [2.75, 3.05) is 24.7 Å². The van der Waals surface area contributed by atoms with Gasteiger partial charge in [-0.2, -0.15) is 0 Å². The highest BCUT2D eigenvalue weighted by Gasteiger charge is 2.26. The van der Waals surface area contributed by atoms with E-state index in [1.165, 1.54) is 0 Å². The van der Waals surface area contributed by atoms with Gasteiger partial charge in [0.2, 0.25) is 0 Å². The third-order valence-electron chi connectivity index (χ3n) is 4.45. The third-order valence-corrected chi connectivity index (χ3v) is 4.45. The maximum atomic E-state index is 13.1. The van der Waals surface area contributed by atoms with Crippen molar-refractivity contribution in [2.45, 2.75) is 6.42 Å². The summed E-state index contributed by atoms with van der Waals surface area (Å²) in [5.74, 6) is 0.671. The van der Waals surface area contributed by atoms with Crippen molar-refractivity contribution in [1.29, 1.82) is 0 Å². The Morgan fingerprint density at radius 2 is 2.08 bits per heavy atom. The largest absolute Gasteiger partial charge is 0.381 e. The molecule has 0 unspecified atom stereocenters. The molecule has 1 fully saturated rings. The molecule has 0 bridgehead atoms. The van der Waals surface area contributed by atoms with Gasteiger partial charge in [-0.25, -0.2) is 0 Å². The molecule has 1 aromatic carbocycles. The van der Waals surface area contributed by atoms with E-state index in [2.05, 4.69) is 10.1 Å². The predicted molar refractivity (Wildman–Crippen MR) is 96.8 cm³/mol. The summed E-state index contributed by atoms with van der Waals surface area (Å²) in [6.45, 7) is 2.02. The number of para-hydroxylation sites is 1. The van der Waals surface area contributed by atoms with Gasteiger partial charge in [-0.1, -0.05) is 23.4 Å². The van der Waals surface area contributed by atoms with Crippen LogP contribution >= 0.6 is 0 Å². The molecule has 1 amide bonds. The first-order chi connectivity index (χ1) is 12.8. The number of hydrogen-bond donors (Lipinski definition) is 0. The van der Waals surface area contributed by atoms with Crippen LogP contribution in [0.1, 0.15) is 16.9 Å². The number of nitrogens with zero attached hydrogens (tertiary/aromatic N) is 3. The Labute approximate surface area is 151 Å². The molecule has 0 aliphatic carbocycles. The minimum atomic E-state index is -0.179. The predicted octanol–water partition coefficient (Wildman–Crippen LogP) is 3.42. The quantitative estimate of drug-likeness (QED) is 0.706. The molecule has 3 heterocycles. The average Bonchev–Trinajstić information content (AvgIpc) is 3.39. The number of hydrogen-bond acceptors (Lipinski definition) is 5. The summed E-state index contributed by atoms with van der Waals surface area (Å²) >= 11 is 0. The highest BCUT2D eigenvalue weighted by molar-refractivity contribution is 6.05. The van der Waals surface area contributed by atoms with Crippen LogP contribution in [0.2, 0.25) is 0 Å². The molecule has 2 aromatic heterocycles. The Balaban J connectivity index is 1.61. The Bertz CT molecular complexity index is 858. The molecule has 1 atom stereocenters. The van der Waals surface area contributed by atoms with E-state index in [0.29, 0.717) is 24.8 Å². The minimum absolute atomic E-state index is 0.179. The molecule has 1 aliphatic rings. The maximum absolute atomic E-state index is 13.1. The van der Waals surface area contributed by atoms with Crippen molar-refractivity contribution in [1.82, 2.24) is 10.1 Å². The molecule has 0 radical (unpaired) electrons. The van der Waals surface area contributed by atoms with Crippen LogP contribution in [0, 0.1) is 5.92 Å². The molecule has 3 aromatic rings. The van der Waals surface area contributed by atoms with Crippen molar-refractivity contribution in [3.63, 3.8) is 0 Å². The molecule has 132 valence electrons. The van der Waals surface area contributed by atoms with Gasteiger partial charge in [0.1, 0.15) is 0 Å². The Kier molecular flexibility index (Phi) is 4.75. The lowest BCUT2D eigenvalue weighted by atomic mass is 10.1. The van der Waals surface area contributed by atoms with E-state index in [1.807, 2.05) is 42.5 Å². The standard InChI is InChI=1S/C20H19N3O3/c24-20(18-11-19(26-22-18)16-5-4-9-21-12-16)23(13-15-8-10-25-14-15)17-6-2-1-3-7-17/h1-7,9,11-12,15H,8,10,13-14H2/t15-/m1/s1. The lowest BCUT2D eigenvalue weighted by Gasteiger charge is -2.24. The summed E-state index contributed by atoms with van der Waals surface area (Å²) in [7, 11) is 0. The number of pyridine rings is 1. The number of amides is 1. The van der Waals surface area contributed by atoms with Crippen molar-refractivity contribution >= 4 is 11.6 Å². The fourth-order valence-electron chi connectivity index (χ4n) is 3.06. The van der Waals surface area contributed by atoms with Gasteiger partial charge in [-0.05, 0) is 30.7 Å². The SMILES string of the molecule is O=C(c1cc(-c2cccnc2)on1)N(C[C@H]1CCOC1)c1ccccc1. The Hall–Kier alpha value is -2.99. The van der Waals surface area contributed by atoms with Crippen LogP contribution in [0.15, 0.2) is 65.4 Å². The zero-order chi connectivity index (χ0) is 17.8. The van der Waals surface area contributed by atoms with E-state index < -0.39 is 0 Å². The van der Waals surface area contributed by atoms with Crippen LogP contribution in [-0.2, 0) is 4.74 Å². The second kappa shape index (κ2) is 7.49. The lowest BCUT2D eigenvalue weighted by molar-refractivity contribution is 0.0972. The number of carbonyl (C=O) groups excluding carboxylic acids is 1. The van der Waals surface area contributed by atoms with Gasteiger partial charge in [-0.3, -0.25) is 9.78 Å². The normalized spacial score (nSPS) is 16.5. The lowest BCUT2D eigenvalue weighted by Crippen LogP contribution is -2.36. The molecule has 6 nitrogen and oxygen atoms in total. The van der Waals surface area contributed by atoms with Gasteiger partial charge in [-0.15, -0.1) is 0 Å². The molecule has 26 heavy (non-hydrogen) atoms. The molecule has 1 saturated heterocycles. The number of carbonyl (C=O) groups is 1. The van der Waals surface area contributed by atoms with Crippen LogP contribution in [0.3, 0.4) is 0 Å². The Morgan fingerprint density at radius 3 is 2.81 bits per heavy atom. The van der Waals surface area contributed by atoms with Gasteiger partial charge >= 0.3 is 0 Å². The van der Waals surface area contributed by atoms with Crippen molar-refractivity contribution in [2.24, 2.45) is 5.92 Å². The van der Waals surface area contributed by atoms with Crippen LogP contribution in [-0.4, -0.2) is 35.8 Å². The van der Waals surface area contributed by atoms with Crippen molar-refractivity contribution < 1.29 is 14.1 Å². The van der Waals surface area contributed by atoms with E-state index in [1.54, 1.807) is 23.4 Å². The molecule has 0 saturated carbocycles. The highest BCUT2D eigenvalue weighted by Crippen LogP contribution is 2.24. The fourth-order valence-corrected chi connectivity index (χ4v) is 3.06. The van der Waals surface area contributed by atoms with Gasteiger partial charge in [0.25, 0.3) is 5.91 Å². The molecular weight excluding hydrogens is 330 g/mol. The van der Waals surface area contributed by atoms with Crippen molar-refractivity contribution in [3.05, 3.63) is 66.6 Å². The average molecular weight is 349 g/mol. The van der Waals surface area contributed by atoms with Gasteiger partial charge in [0, 0.05) is 48.8 Å². The van der Waals surface area contributed by atoms with Gasteiger partial charge < -0.3 is 14.2 Å². The summed E-state index contributed by atoms with van der Waals surface area (Å²) < 4.78 is 10.8. The highest BCUT2D eigenvalue weighted by atomic mass is 16.5. The molecule has 1 aliphatic heterocycles. The topological polar surface area (TPSA) is 68.5 Å². The summed E-state index contributed by atoms with van der Waals surface area (Å²) in [5, 5.41) is 3.99. The summed E-state index contributed by atoms with van der Waals surface area (Å²) in [5.41, 5.74) is 1.91. The first kappa shape index (κ1) is 16.5. The van der Waals surface area contributed by atoms with E-state index in [0.717, 1.165) is 24.3 Å². The smallest absolute Gasteiger partial charge is 0.280 e. The Morgan fingerprint density at radius 1 is 1.19 bits per heavy atom. The summed E-state index contributed by atoms with van der Waals surface area (Å²) in [4.78, 5) is 18.9. The molecule has 6 heteroatoms. The number of rotatable bonds is 5. The molecule has 0 N–H and O–H groups in total. The van der Waals surface area contributed by atoms with Crippen LogP contribution in [0.5, 0.6) is 0 Å². The zero-order valence-electron chi connectivity index (χ0n) is 14.2. The molecule has 4 rings (SSSR count). The minimum Gasteiger partial charge on any atom is -0.381 e.